The van der Waals surface area contributed by atoms with Gasteiger partial charge in [-0.3, -0.25) is 4.79 Å². The third-order valence-electron chi connectivity index (χ3n) is 6.93. The molecule has 35 heavy (non-hydrogen) atoms. The van der Waals surface area contributed by atoms with Gasteiger partial charge in [-0.05, 0) is 46.9 Å². The summed E-state index contributed by atoms with van der Waals surface area (Å²) in [5.74, 6) is -0.813. The van der Waals surface area contributed by atoms with Gasteiger partial charge in [0.15, 0.2) is 0 Å². The molecule has 0 aliphatic heterocycles. The number of carboxylic acids is 1. The third kappa shape index (κ3) is 6.00. The Hall–Kier alpha value is -3.39. The van der Waals surface area contributed by atoms with E-state index in [1.807, 2.05) is 24.3 Å². The monoisotopic (exact) mass is 480 g/mol. The summed E-state index contributed by atoms with van der Waals surface area (Å²) in [5.41, 5.74) is 4.73. The van der Waals surface area contributed by atoms with Crippen LogP contribution in [0.2, 0.25) is 0 Å². The number of hydrogen-bond donors (Lipinski definition) is 3. The Labute approximate surface area is 205 Å². The van der Waals surface area contributed by atoms with Crippen LogP contribution in [-0.2, 0) is 19.1 Å². The second-order valence-corrected chi connectivity index (χ2v) is 9.35. The topological polar surface area (TPSA) is 114 Å². The van der Waals surface area contributed by atoms with Gasteiger partial charge in [-0.15, -0.1) is 0 Å². The van der Waals surface area contributed by atoms with Crippen LogP contribution in [-0.4, -0.2) is 56.0 Å². The molecule has 3 N–H and O–H groups in total. The van der Waals surface area contributed by atoms with Crippen LogP contribution in [0.25, 0.3) is 11.1 Å². The van der Waals surface area contributed by atoms with Gasteiger partial charge in [-0.2, -0.15) is 0 Å². The van der Waals surface area contributed by atoms with Crippen molar-refractivity contribution in [1.29, 1.82) is 0 Å². The van der Waals surface area contributed by atoms with Crippen molar-refractivity contribution in [3.63, 3.8) is 0 Å². The number of amides is 2. The zero-order valence-electron chi connectivity index (χ0n) is 19.9. The summed E-state index contributed by atoms with van der Waals surface area (Å²) in [6.45, 7) is 1.05. The molecule has 4 rings (SSSR count). The minimum Gasteiger partial charge on any atom is -0.480 e. The van der Waals surface area contributed by atoms with Crippen LogP contribution in [0.15, 0.2) is 48.5 Å². The van der Waals surface area contributed by atoms with Crippen LogP contribution < -0.4 is 10.6 Å². The number of alkyl carbamates (subject to hydrolysis) is 1. The van der Waals surface area contributed by atoms with Gasteiger partial charge in [0.2, 0.25) is 5.91 Å². The van der Waals surface area contributed by atoms with E-state index in [1.165, 1.54) is 29.4 Å². The van der Waals surface area contributed by atoms with E-state index in [-0.39, 0.29) is 49.7 Å². The van der Waals surface area contributed by atoms with E-state index in [2.05, 4.69) is 34.9 Å². The molecule has 1 unspecified atom stereocenters. The molecule has 0 saturated heterocycles. The Balaban J connectivity index is 1.16. The maximum atomic E-state index is 12.3. The molecule has 1 saturated carbocycles. The van der Waals surface area contributed by atoms with Crippen molar-refractivity contribution in [3.8, 4) is 11.1 Å². The van der Waals surface area contributed by atoms with Gasteiger partial charge in [0.05, 0.1) is 0 Å². The predicted molar refractivity (Wildman–Crippen MR) is 130 cm³/mol. The number of ether oxygens (including phenoxy) is 2. The van der Waals surface area contributed by atoms with E-state index < -0.39 is 18.1 Å². The van der Waals surface area contributed by atoms with Gasteiger partial charge in [0, 0.05) is 39.0 Å². The second-order valence-electron chi connectivity index (χ2n) is 9.35. The second kappa shape index (κ2) is 11.4. The fourth-order valence-electron chi connectivity index (χ4n) is 5.09. The van der Waals surface area contributed by atoms with Crippen LogP contribution in [0, 0.1) is 11.8 Å². The maximum absolute atomic E-state index is 12.3. The first-order chi connectivity index (χ1) is 17.0. The van der Waals surface area contributed by atoms with Crippen molar-refractivity contribution in [2.45, 2.75) is 37.6 Å². The normalized spacial score (nSPS) is 19.1. The summed E-state index contributed by atoms with van der Waals surface area (Å²) in [5, 5.41) is 14.6. The van der Waals surface area contributed by atoms with E-state index in [9.17, 15) is 19.5 Å². The molecule has 1 atom stereocenters. The number of methoxy groups -OCH3 is 1. The molecule has 0 radical (unpaired) electrons. The Bertz CT molecular complexity index is 1020. The van der Waals surface area contributed by atoms with Crippen molar-refractivity contribution >= 4 is 18.0 Å². The van der Waals surface area contributed by atoms with Gasteiger partial charge in [0.1, 0.15) is 12.6 Å². The molecule has 8 heteroatoms. The summed E-state index contributed by atoms with van der Waals surface area (Å²) >= 11 is 0. The van der Waals surface area contributed by atoms with E-state index in [4.69, 9.17) is 9.47 Å². The summed E-state index contributed by atoms with van der Waals surface area (Å²) in [6.07, 6.45) is 1.71. The van der Waals surface area contributed by atoms with Crippen LogP contribution in [0.4, 0.5) is 4.79 Å². The predicted octanol–water partition coefficient (Wildman–Crippen LogP) is 3.55. The highest BCUT2D eigenvalue weighted by Crippen LogP contribution is 2.44. The highest BCUT2D eigenvalue weighted by atomic mass is 16.5. The highest BCUT2D eigenvalue weighted by Gasteiger charge is 2.33. The first-order valence-corrected chi connectivity index (χ1v) is 12.1. The molecule has 0 aromatic heterocycles. The molecular formula is C27H32N2O6. The molecule has 2 aliphatic carbocycles. The Morgan fingerprint density at radius 3 is 2.23 bits per heavy atom. The van der Waals surface area contributed by atoms with Crippen molar-refractivity contribution in [2.75, 3.05) is 26.9 Å². The minimum absolute atomic E-state index is 0.0262. The summed E-state index contributed by atoms with van der Waals surface area (Å²) in [4.78, 5) is 35.8. The molecule has 0 heterocycles. The Morgan fingerprint density at radius 1 is 1.00 bits per heavy atom. The molecule has 8 nitrogen and oxygen atoms in total. The molecular weight excluding hydrogens is 448 g/mol. The Kier molecular flexibility index (Phi) is 8.02. The number of carbonyl (C=O) groups excluding carboxylic acids is 2. The largest absolute Gasteiger partial charge is 0.480 e. The van der Waals surface area contributed by atoms with E-state index >= 15 is 0 Å². The number of hydrogen-bond acceptors (Lipinski definition) is 5. The fraction of sp³-hybridized carbons (Fsp3) is 0.444. The Morgan fingerprint density at radius 2 is 1.63 bits per heavy atom. The van der Waals surface area contributed by atoms with E-state index in [1.54, 1.807) is 0 Å². The van der Waals surface area contributed by atoms with Gasteiger partial charge >= 0.3 is 12.1 Å². The zero-order chi connectivity index (χ0) is 24.8. The smallest absolute Gasteiger partial charge is 0.407 e. The number of carboxylic acid groups (broad SMARTS) is 1. The van der Waals surface area contributed by atoms with Crippen molar-refractivity contribution in [1.82, 2.24) is 10.6 Å². The molecule has 186 valence electrons. The lowest BCUT2D eigenvalue weighted by molar-refractivity contribution is -0.142. The highest BCUT2D eigenvalue weighted by molar-refractivity contribution is 5.83. The molecule has 0 spiro atoms. The molecule has 2 amide bonds. The van der Waals surface area contributed by atoms with Crippen LogP contribution >= 0.6 is 0 Å². The standard InChI is InChI=1S/C27H32N2O6/c1-34-11-10-24(26(31)32)29-25(30)14-17-12-18(13-17)15-28-27(33)35-16-23-21-8-4-2-6-19(21)20-7-3-5-9-22(20)23/h2-9,17-18,23-24H,10-16H2,1H3,(H,28,33)(H,29,30)(H,31,32). The molecule has 0 bridgehead atoms. The summed E-state index contributed by atoms with van der Waals surface area (Å²) in [6, 6.07) is 15.5. The lowest BCUT2D eigenvalue weighted by atomic mass is 9.73. The summed E-state index contributed by atoms with van der Waals surface area (Å²) < 4.78 is 10.5. The quantitative estimate of drug-likeness (QED) is 0.453. The van der Waals surface area contributed by atoms with Gasteiger partial charge < -0.3 is 25.2 Å². The number of nitrogens with one attached hydrogen (secondary N) is 2. The third-order valence-corrected chi connectivity index (χ3v) is 6.93. The lowest BCUT2D eigenvalue weighted by Crippen LogP contribution is -2.43. The number of aliphatic carboxylic acids is 1. The van der Waals surface area contributed by atoms with E-state index in [0.29, 0.717) is 6.54 Å². The van der Waals surface area contributed by atoms with E-state index in [0.717, 1.165) is 12.8 Å². The first-order valence-electron chi connectivity index (χ1n) is 12.1. The average molecular weight is 481 g/mol. The number of carbonyl (C=O) groups is 3. The van der Waals surface area contributed by atoms with Gasteiger partial charge in [0.25, 0.3) is 0 Å². The van der Waals surface area contributed by atoms with Gasteiger partial charge in [-0.25, -0.2) is 9.59 Å². The number of fused-ring (bicyclic) bond motifs is 3. The van der Waals surface area contributed by atoms with Crippen LogP contribution in [0.1, 0.15) is 42.7 Å². The average Bonchev–Trinajstić information content (AvgIpc) is 3.15. The molecule has 2 aliphatic rings. The van der Waals surface area contributed by atoms with Crippen molar-refractivity contribution < 1.29 is 29.0 Å². The molecule has 2 aromatic carbocycles. The minimum atomic E-state index is -1.06. The molecule has 2 aromatic rings. The lowest BCUT2D eigenvalue weighted by Gasteiger charge is -2.35. The van der Waals surface area contributed by atoms with Crippen LogP contribution in [0.3, 0.4) is 0 Å². The van der Waals surface area contributed by atoms with Crippen molar-refractivity contribution in [2.24, 2.45) is 11.8 Å². The van der Waals surface area contributed by atoms with Crippen LogP contribution in [0.5, 0.6) is 0 Å². The van der Waals surface area contributed by atoms with Crippen molar-refractivity contribution in [3.05, 3.63) is 59.7 Å². The SMILES string of the molecule is COCCC(NC(=O)CC1CC(CNC(=O)OCC2c3ccccc3-c3ccccc32)C1)C(=O)O. The zero-order valence-corrected chi connectivity index (χ0v) is 19.9. The van der Waals surface area contributed by atoms with Gasteiger partial charge in [-0.1, -0.05) is 48.5 Å². The number of rotatable bonds is 11. The summed E-state index contributed by atoms with van der Waals surface area (Å²) in [7, 11) is 1.49. The fourth-order valence-corrected chi connectivity index (χ4v) is 5.09. The molecule has 1 fully saturated rings. The maximum Gasteiger partial charge on any atom is 0.407 e. The first kappa shape index (κ1) is 24.7. The number of benzene rings is 2.